The van der Waals surface area contributed by atoms with E-state index in [1.807, 2.05) is 24.3 Å². The van der Waals surface area contributed by atoms with Crippen LogP contribution in [0.4, 0.5) is 0 Å². The monoisotopic (exact) mass is 366 g/mol. The second-order valence-electron chi connectivity index (χ2n) is 6.64. The Bertz CT molecular complexity index is 916. The van der Waals surface area contributed by atoms with Crippen LogP contribution in [0.5, 0.6) is 5.75 Å². The number of methoxy groups -OCH3 is 1. The van der Waals surface area contributed by atoms with Gasteiger partial charge in [0.2, 0.25) is 5.91 Å². The summed E-state index contributed by atoms with van der Waals surface area (Å²) in [7, 11) is 1.64. The number of aromatic amines is 2. The highest BCUT2D eigenvalue weighted by Gasteiger charge is 2.27. The number of nitrogens with zero attached hydrogens (tertiary/aromatic N) is 3. The van der Waals surface area contributed by atoms with Gasteiger partial charge in [0.15, 0.2) is 0 Å². The van der Waals surface area contributed by atoms with E-state index >= 15 is 0 Å². The molecule has 0 saturated carbocycles. The molecule has 4 rings (SSSR count). The number of nitrogens with one attached hydrogen (secondary N) is 2. The number of fused-ring (bicyclic) bond motifs is 1. The van der Waals surface area contributed by atoms with Crippen LogP contribution in [0.15, 0.2) is 36.8 Å². The number of imidazole rings is 2. The largest absolute Gasteiger partial charge is 0.497 e. The van der Waals surface area contributed by atoms with Gasteiger partial charge >= 0.3 is 0 Å². The van der Waals surface area contributed by atoms with Crippen molar-refractivity contribution in [3.05, 3.63) is 53.9 Å². The van der Waals surface area contributed by atoms with E-state index in [0.29, 0.717) is 25.9 Å². The van der Waals surface area contributed by atoms with Crippen molar-refractivity contribution in [3.8, 4) is 17.1 Å². The predicted molar refractivity (Wildman–Crippen MR) is 100.0 cm³/mol. The van der Waals surface area contributed by atoms with Gasteiger partial charge in [0.1, 0.15) is 11.6 Å². The Labute approximate surface area is 156 Å². The van der Waals surface area contributed by atoms with E-state index in [1.54, 1.807) is 24.5 Å². The van der Waals surface area contributed by atoms with E-state index in [-0.39, 0.29) is 5.91 Å². The molecular weight excluding hydrogens is 344 g/mol. The maximum absolute atomic E-state index is 12.7. The summed E-state index contributed by atoms with van der Waals surface area (Å²) in [6.45, 7) is 1.11. The SMILES string of the molecule is COc1ccc(-c2nc3c([nH]2)CN(C(=O)[C@@H](N)Cc2cnc[nH]2)CC3)cc1. The molecule has 140 valence electrons. The van der Waals surface area contributed by atoms with Crippen LogP contribution in [0.25, 0.3) is 11.4 Å². The molecule has 0 saturated heterocycles. The van der Waals surface area contributed by atoms with E-state index < -0.39 is 6.04 Å². The average molecular weight is 366 g/mol. The van der Waals surface area contributed by atoms with Crippen LogP contribution in [-0.2, 0) is 24.2 Å². The standard InChI is InChI=1S/C19H22N6O2/c1-27-14-4-2-12(3-5-14)18-23-16-6-7-25(10-17(16)24-18)19(26)15(20)8-13-9-21-11-22-13/h2-5,9,11,15H,6-8,10,20H2,1H3,(H,21,22)(H,23,24)/t15-/m0/s1. The third-order valence-corrected chi connectivity index (χ3v) is 4.82. The highest BCUT2D eigenvalue weighted by molar-refractivity contribution is 5.82. The summed E-state index contributed by atoms with van der Waals surface area (Å²) >= 11 is 0. The molecule has 3 heterocycles. The van der Waals surface area contributed by atoms with Crippen molar-refractivity contribution in [2.45, 2.75) is 25.4 Å². The van der Waals surface area contributed by atoms with Crippen molar-refractivity contribution < 1.29 is 9.53 Å². The van der Waals surface area contributed by atoms with E-state index in [2.05, 4.69) is 15.0 Å². The first-order valence-electron chi connectivity index (χ1n) is 8.88. The zero-order valence-corrected chi connectivity index (χ0v) is 15.1. The van der Waals surface area contributed by atoms with Gasteiger partial charge < -0.3 is 25.3 Å². The second-order valence-corrected chi connectivity index (χ2v) is 6.64. The summed E-state index contributed by atoms with van der Waals surface area (Å²) in [5, 5.41) is 0. The first-order chi connectivity index (χ1) is 13.1. The topological polar surface area (TPSA) is 113 Å². The summed E-state index contributed by atoms with van der Waals surface area (Å²) in [5.41, 5.74) is 9.92. The van der Waals surface area contributed by atoms with Crippen LogP contribution >= 0.6 is 0 Å². The average Bonchev–Trinajstić information content (AvgIpc) is 3.36. The lowest BCUT2D eigenvalue weighted by atomic mass is 10.1. The Balaban J connectivity index is 1.46. The quantitative estimate of drug-likeness (QED) is 0.629. The molecule has 1 amide bonds. The molecule has 1 atom stereocenters. The number of aromatic nitrogens is 4. The molecule has 1 aliphatic heterocycles. The number of benzene rings is 1. The second kappa shape index (κ2) is 7.24. The molecule has 1 aromatic carbocycles. The predicted octanol–water partition coefficient (Wildman–Crippen LogP) is 1.26. The fourth-order valence-electron chi connectivity index (χ4n) is 3.32. The minimum Gasteiger partial charge on any atom is -0.497 e. The highest BCUT2D eigenvalue weighted by Crippen LogP contribution is 2.24. The maximum Gasteiger partial charge on any atom is 0.240 e. The van der Waals surface area contributed by atoms with E-state index in [0.717, 1.165) is 34.2 Å². The Morgan fingerprint density at radius 3 is 2.89 bits per heavy atom. The molecule has 0 fully saturated rings. The van der Waals surface area contributed by atoms with Gasteiger partial charge in [-0.05, 0) is 24.3 Å². The molecule has 1 aliphatic rings. The molecule has 0 bridgehead atoms. The third kappa shape index (κ3) is 3.56. The molecule has 27 heavy (non-hydrogen) atoms. The Hall–Kier alpha value is -3.13. The van der Waals surface area contributed by atoms with Crippen LogP contribution in [0.2, 0.25) is 0 Å². The Morgan fingerprint density at radius 1 is 1.37 bits per heavy atom. The minimum absolute atomic E-state index is 0.0594. The number of ether oxygens (including phenoxy) is 1. The van der Waals surface area contributed by atoms with Crippen molar-refractivity contribution in [1.29, 1.82) is 0 Å². The van der Waals surface area contributed by atoms with Crippen LogP contribution in [-0.4, -0.2) is 50.4 Å². The van der Waals surface area contributed by atoms with Gasteiger partial charge in [-0.25, -0.2) is 9.97 Å². The molecule has 0 radical (unpaired) electrons. The Morgan fingerprint density at radius 2 is 2.19 bits per heavy atom. The molecule has 8 nitrogen and oxygen atoms in total. The fourth-order valence-corrected chi connectivity index (χ4v) is 3.32. The summed E-state index contributed by atoms with van der Waals surface area (Å²) < 4.78 is 5.19. The van der Waals surface area contributed by atoms with Crippen LogP contribution < -0.4 is 10.5 Å². The third-order valence-electron chi connectivity index (χ3n) is 4.82. The van der Waals surface area contributed by atoms with Gasteiger partial charge in [-0.15, -0.1) is 0 Å². The Kier molecular flexibility index (Phi) is 4.64. The highest BCUT2D eigenvalue weighted by atomic mass is 16.5. The van der Waals surface area contributed by atoms with E-state index in [9.17, 15) is 4.79 Å². The molecule has 0 aliphatic carbocycles. The summed E-state index contributed by atoms with van der Waals surface area (Å²) in [6.07, 6.45) is 4.44. The maximum atomic E-state index is 12.7. The first kappa shape index (κ1) is 17.3. The molecule has 0 unspecified atom stereocenters. The summed E-state index contributed by atoms with van der Waals surface area (Å²) in [4.78, 5) is 29.5. The number of nitrogens with two attached hydrogens (primary N) is 1. The number of carbonyl (C=O) groups excluding carboxylic acids is 1. The minimum atomic E-state index is -0.587. The number of carbonyl (C=O) groups is 1. The zero-order chi connectivity index (χ0) is 18.8. The van der Waals surface area contributed by atoms with Gasteiger partial charge in [-0.2, -0.15) is 0 Å². The summed E-state index contributed by atoms with van der Waals surface area (Å²) in [5.74, 6) is 1.55. The molecule has 4 N–H and O–H groups in total. The lowest BCUT2D eigenvalue weighted by molar-refractivity contribution is -0.133. The van der Waals surface area contributed by atoms with Gasteiger partial charge in [0.05, 0.1) is 37.4 Å². The zero-order valence-electron chi connectivity index (χ0n) is 15.1. The van der Waals surface area contributed by atoms with Crippen LogP contribution in [0.1, 0.15) is 17.1 Å². The lowest BCUT2D eigenvalue weighted by Gasteiger charge is -2.28. The number of amides is 1. The molecule has 8 heteroatoms. The molecule has 2 aromatic heterocycles. The number of hydrogen-bond donors (Lipinski definition) is 3. The van der Waals surface area contributed by atoms with Gasteiger partial charge in [0.25, 0.3) is 0 Å². The van der Waals surface area contributed by atoms with Crippen molar-refractivity contribution in [1.82, 2.24) is 24.8 Å². The van der Waals surface area contributed by atoms with Crippen LogP contribution in [0, 0.1) is 0 Å². The molecule has 0 spiro atoms. The number of H-pyrrole nitrogens is 2. The van der Waals surface area contributed by atoms with Crippen molar-refractivity contribution >= 4 is 5.91 Å². The van der Waals surface area contributed by atoms with Crippen molar-refractivity contribution in [3.63, 3.8) is 0 Å². The normalized spacial score (nSPS) is 14.7. The van der Waals surface area contributed by atoms with Gasteiger partial charge in [-0.3, -0.25) is 4.79 Å². The van der Waals surface area contributed by atoms with E-state index in [1.165, 1.54) is 0 Å². The number of hydrogen-bond acceptors (Lipinski definition) is 5. The van der Waals surface area contributed by atoms with Gasteiger partial charge in [-0.1, -0.05) is 0 Å². The van der Waals surface area contributed by atoms with Gasteiger partial charge in [0, 0.05) is 36.8 Å². The number of rotatable bonds is 5. The van der Waals surface area contributed by atoms with Crippen LogP contribution in [0.3, 0.4) is 0 Å². The fraction of sp³-hybridized carbons (Fsp3) is 0.316. The van der Waals surface area contributed by atoms with Crippen molar-refractivity contribution in [2.24, 2.45) is 5.73 Å². The first-order valence-corrected chi connectivity index (χ1v) is 8.88. The summed E-state index contributed by atoms with van der Waals surface area (Å²) in [6, 6.07) is 7.15. The molecule has 3 aromatic rings. The smallest absolute Gasteiger partial charge is 0.240 e. The van der Waals surface area contributed by atoms with E-state index in [4.69, 9.17) is 15.5 Å². The lowest BCUT2D eigenvalue weighted by Crippen LogP contribution is -2.46. The van der Waals surface area contributed by atoms with Crippen molar-refractivity contribution in [2.75, 3.05) is 13.7 Å². The molecular formula is C19H22N6O2.